The number of hydrogen-bond donors (Lipinski definition) is 1. The third-order valence-electron chi connectivity index (χ3n) is 1.74. The van der Waals surface area contributed by atoms with Crippen LogP contribution >= 0.6 is 22.9 Å². The van der Waals surface area contributed by atoms with Crippen LogP contribution in [0.4, 0.5) is 0 Å². The Morgan fingerprint density at radius 1 is 1.62 bits per heavy atom. The predicted molar refractivity (Wildman–Crippen MR) is 58.3 cm³/mol. The monoisotopic (exact) mass is 218 g/mol. The molecule has 1 unspecified atom stereocenters. The molecule has 0 aromatic carbocycles. The largest absolute Gasteiger partial charge is 0.327 e. The lowest BCUT2D eigenvalue weighted by atomic mass is 10.0. The van der Waals surface area contributed by atoms with E-state index in [1.165, 1.54) is 11.3 Å². The molecule has 1 rings (SSSR count). The Morgan fingerprint density at radius 2 is 2.31 bits per heavy atom. The summed E-state index contributed by atoms with van der Waals surface area (Å²) in [6.07, 6.45) is 3.57. The van der Waals surface area contributed by atoms with Crippen molar-refractivity contribution in [1.82, 2.24) is 4.98 Å². The van der Waals surface area contributed by atoms with Crippen molar-refractivity contribution in [1.29, 1.82) is 0 Å². The molecule has 0 aliphatic carbocycles. The molecule has 0 saturated heterocycles. The van der Waals surface area contributed by atoms with Gasteiger partial charge in [-0.1, -0.05) is 25.4 Å². The molecule has 0 amide bonds. The molecule has 1 heterocycles. The summed E-state index contributed by atoms with van der Waals surface area (Å²) in [7, 11) is 0. The van der Waals surface area contributed by atoms with Gasteiger partial charge in [0.05, 0.1) is 11.2 Å². The highest BCUT2D eigenvalue weighted by Gasteiger charge is 2.09. The van der Waals surface area contributed by atoms with Gasteiger partial charge in [-0.3, -0.25) is 0 Å². The van der Waals surface area contributed by atoms with E-state index in [2.05, 4.69) is 18.8 Å². The van der Waals surface area contributed by atoms with Crippen LogP contribution in [-0.4, -0.2) is 11.0 Å². The maximum Gasteiger partial charge on any atom is 0.113 e. The second kappa shape index (κ2) is 4.94. The van der Waals surface area contributed by atoms with Crippen molar-refractivity contribution in [2.24, 2.45) is 11.7 Å². The SMILES string of the molecule is CC(C)CC(N)Cc1ncc(Cl)s1. The van der Waals surface area contributed by atoms with Crippen molar-refractivity contribution >= 4 is 22.9 Å². The minimum atomic E-state index is 0.210. The zero-order valence-electron chi connectivity index (χ0n) is 7.96. The summed E-state index contributed by atoms with van der Waals surface area (Å²) in [6, 6.07) is 0.210. The average molecular weight is 219 g/mol. The van der Waals surface area contributed by atoms with Crippen molar-refractivity contribution in [3.63, 3.8) is 0 Å². The van der Waals surface area contributed by atoms with Gasteiger partial charge in [-0.2, -0.15) is 0 Å². The Bertz CT molecular complexity index is 260. The highest BCUT2D eigenvalue weighted by Crippen LogP contribution is 2.20. The van der Waals surface area contributed by atoms with E-state index in [1.807, 2.05) is 0 Å². The summed E-state index contributed by atoms with van der Waals surface area (Å²) in [5.41, 5.74) is 5.94. The minimum Gasteiger partial charge on any atom is -0.327 e. The van der Waals surface area contributed by atoms with Gasteiger partial charge in [0, 0.05) is 12.5 Å². The van der Waals surface area contributed by atoms with E-state index < -0.39 is 0 Å². The lowest BCUT2D eigenvalue weighted by Gasteiger charge is -2.11. The number of nitrogens with two attached hydrogens (primary N) is 1. The molecule has 74 valence electrons. The second-order valence-electron chi connectivity index (χ2n) is 3.65. The molecule has 1 aromatic rings. The van der Waals surface area contributed by atoms with Crippen LogP contribution in [0.3, 0.4) is 0 Å². The normalized spacial score (nSPS) is 13.6. The first kappa shape index (κ1) is 11.0. The Kier molecular flexibility index (Phi) is 4.16. The lowest BCUT2D eigenvalue weighted by molar-refractivity contribution is 0.493. The fourth-order valence-electron chi connectivity index (χ4n) is 1.30. The standard InChI is InChI=1S/C9H15ClN2S/c1-6(2)3-7(11)4-9-12-5-8(10)13-9/h5-7H,3-4,11H2,1-2H3. The lowest BCUT2D eigenvalue weighted by Crippen LogP contribution is -2.24. The Labute approximate surface area is 88.1 Å². The molecule has 1 atom stereocenters. The third-order valence-corrected chi connectivity index (χ3v) is 2.87. The summed E-state index contributed by atoms with van der Waals surface area (Å²) < 4.78 is 0.742. The Balaban J connectivity index is 2.40. The molecule has 0 fully saturated rings. The number of aromatic nitrogens is 1. The first-order chi connectivity index (χ1) is 6.08. The van der Waals surface area contributed by atoms with Crippen LogP contribution in [0.2, 0.25) is 4.34 Å². The minimum absolute atomic E-state index is 0.210. The fourth-order valence-corrected chi connectivity index (χ4v) is 2.34. The summed E-state index contributed by atoms with van der Waals surface area (Å²) in [6.45, 7) is 4.35. The molecule has 4 heteroatoms. The van der Waals surface area contributed by atoms with Crippen LogP contribution in [-0.2, 0) is 6.42 Å². The smallest absolute Gasteiger partial charge is 0.113 e. The molecular weight excluding hydrogens is 204 g/mol. The number of nitrogens with zero attached hydrogens (tertiary/aromatic N) is 1. The molecule has 0 spiro atoms. The van der Waals surface area contributed by atoms with Gasteiger partial charge in [-0.25, -0.2) is 4.98 Å². The Hall–Kier alpha value is -0.120. The summed E-state index contributed by atoms with van der Waals surface area (Å²) in [4.78, 5) is 4.17. The van der Waals surface area contributed by atoms with Crippen molar-refractivity contribution < 1.29 is 0 Å². The molecule has 0 radical (unpaired) electrons. The van der Waals surface area contributed by atoms with E-state index >= 15 is 0 Å². The average Bonchev–Trinajstić information content (AvgIpc) is 2.33. The van der Waals surface area contributed by atoms with Gasteiger partial charge < -0.3 is 5.73 Å². The van der Waals surface area contributed by atoms with Crippen molar-refractivity contribution in [3.05, 3.63) is 15.5 Å². The maximum atomic E-state index is 5.94. The van der Waals surface area contributed by atoms with Gasteiger partial charge in [-0.15, -0.1) is 11.3 Å². The number of rotatable bonds is 4. The quantitative estimate of drug-likeness (QED) is 0.844. The molecule has 1 aromatic heterocycles. The highest BCUT2D eigenvalue weighted by atomic mass is 35.5. The van der Waals surface area contributed by atoms with E-state index in [0.717, 1.165) is 22.2 Å². The van der Waals surface area contributed by atoms with Crippen LogP contribution in [0.5, 0.6) is 0 Å². The van der Waals surface area contributed by atoms with E-state index in [9.17, 15) is 0 Å². The van der Waals surface area contributed by atoms with Crippen LogP contribution in [0.1, 0.15) is 25.3 Å². The highest BCUT2D eigenvalue weighted by molar-refractivity contribution is 7.15. The van der Waals surface area contributed by atoms with E-state index in [4.69, 9.17) is 17.3 Å². The first-order valence-corrected chi connectivity index (χ1v) is 5.63. The number of thiazole rings is 1. The first-order valence-electron chi connectivity index (χ1n) is 4.43. The maximum absolute atomic E-state index is 5.94. The number of hydrogen-bond acceptors (Lipinski definition) is 3. The third kappa shape index (κ3) is 4.07. The molecule has 0 aliphatic heterocycles. The van der Waals surface area contributed by atoms with Crippen LogP contribution in [0.15, 0.2) is 6.20 Å². The molecule has 0 bridgehead atoms. The second-order valence-corrected chi connectivity index (χ2v) is 5.40. The van der Waals surface area contributed by atoms with E-state index in [-0.39, 0.29) is 6.04 Å². The van der Waals surface area contributed by atoms with Gasteiger partial charge >= 0.3 is 0 Å². The van der Waals surface area contributed by atoms with Crippen LogP contribution in [0.25, 0.3) is 0 Å². The van der Waals surface area contributed by atoms with Crippen molar-refractivity contribution in [2.75, 3.05) is 0 Å². The topological polar surface area (TPSA) is 38.9 Å². The van der Waals surface area contributed by atoms with Crippen LogP contribution in [0, 0.1) is 5.92 Å². The van der Waals surface area contributed by atoms with E-state index in [0.29, 0.717) is 5.92 Å². The fraction of sp³-hybridized carbons (Fsp3) is 0.667. The molecular formula is C9H15ClN2S. The van der Waals surface area contributed by atoms with Gasteiger partial charge in [0.2, 0.25) is 0 Å². The van der Waals surface area contributed by atoms with Gasteiger partial charge in [0.25, 0.3) is 0 Å². The van der Waals surface area contributed by atoms with Gasteiger partial charge in [-0.05, 0) is 12.3 Å². The zero-order valence-corrected chi connectivity index (χ0v) is 9.53. The molecule has 0 aliphatic rings. The predicted octanol–water partition coefficient (Wildman–Crippen LogP) is 2.71. The zero-order chi connectivity index (χ0) is 9.84. The summed E-state index contributed by atoms with van der Waals surface area (Å²) in [5, 5.41) is 1.04. The molecule has 0 saturated carbocycles. The van der Waals surface area contributed by atoms with Crippen molar-refractivity contribution in [3.8, 4) is 0 Å². The molecule has 13 heavy (non-hydrogen) atoms. The summed E-state index contributed by atoms with van der Waals surface area (Å²) >= 11 is 7.28. The Morgan fingerprint density at radius 3 is 2.77 bits per heavy atom. The molecule has 2 nitrogen and oxygen atoms in total. The summed E-state index contributed by atoms with van der Waals surface area (Å²) in [5.74, 6) is 0.644. The van der Waals surface area contributed by atoms with E-state index in [1.54, 1.807) is 6.20 Å². The van der Waals surface area contributed by atoms with Crippen LogP contribution < -0.4 is 5.73 Å². The van der Waals surface area contributed by atoms with Crippen molar-refractivity contribution in [2.45, 2.75) is 32.7 Å². The van der Waals surface area contributed by atoms with Gasteiger partial charge in [0.15, 0.2) is 0 Å². The molecule has 2 N–H and O–H groups in total. The van der Waals surface area contributed by atoms with Gasteiger partial charge in [0.1, 0.15) is 4.34 Å². The number of halogens is 1.